The number of amides is 1. The molecule has 0 radical (unpaired) electrons. The van der Waals surface area contributed by atoms with Crippen LogP contribution in [0.25, 0.3) is 0 Å². The van der Waals surface area contributed by atoms with Crippen LogP contribution in [-0.2, 0) is 22.7 Å². The molecular formula is C30H33ClN2O7. The number of rotatable bonds is 10. The van der Waals surface area contributed by atoms with Crippen molar-refractivity contribution in [1.82, 2.24) is 4.90 Å². The van der Waals surface area contributed by atoms with Gasteiger partial charge in [0.05, 0.1) is 13.7 Å². The maximum Gasteiger partial charge on any atom is 0.238 e. The van der Waals surface area contributed by atoms with Crippen LogP contribution in [0.1, 0.15) is 54.5 Å². The molecule has 2 aliphatic rings. The predicted molar refractivity (Wildman–Crippen MR) is 150 cm³/mol. The Labute approximate surface area is 238 Å². The number of benzene rings is 3. The van der Waals surface area contributed by atoms with Crippen molar-refractivity contribution in [1.29, 1.82) is 0 Å². The number of fused-ring (bicyclic) bond motifs is 1. The molecule has 1 fully saturated rings. The first kappa shape index (κ1) is 28.0. The summed E-state index contributed by atoms with van der Waals surface area (Å²) >= 11 is 6.33. The topological polar surface area (TPSA) is 98.7 Å². The van der Waals surface area contributed by atoms with Gasteiger partial charge in [0.25, 0.3) is 0 Å². The number of methoxy groups -OCH3 is 1. The standard InChI is InChI=1S/C30H33ClN2O7/c1-4-18-10-23(31)11-19(5-2)29(18)32-28(34)16-33-15-22(12-25(33)20-6-8-24(9-7-20)39-40-35)21-13-26(36-3)30-27(14-21)37-17-38-30/h6-11,13-14,22,25,35H,4-5,12,15-17H2,1-3H3,(H,32,34)/t22-,25-/m1/s1. The maximum atomic E-state index is 13.5. The molecule has 3 aromatic carbocycles. The normalized spacial score (nSPS) is 18.1. The van der Waals surface area contributed by atoms with Gasteiger partial charge in [0.2, 0.25) is 18.4 Å². The average Bonchev–Trinajstić information content (AvgIpc) is 3.61. The fourth-order valence-electron chi connectivity index (χ4n) is 5.65. The van der Waals surface area contributed by atoms with Crippen molar-refractivity contribution < 1.29 is 34.2 Å². The zero-order valence-electron chi connectivity index (χ0n) is 22.7. The molecule has 10 heteroatoms. The summed E-state index contributed by atoms with van der Waals surface area (Å²) in [5.74, 6) is 2.30. The van der Waals surface area contributed by atoms with Gasteiger partial charge in [0.1, 0.15) is 0 Å². The lowest BCUT2D eigenvalue weighted by Gasteiger charge is -2.25. The molecule has 0 spiro atoms. The number of anilines is 1. The molecule has 1 saturated heterocycles. The van der Waals surface area contributed by atoms with Crippen molar-refractivity contribution in [2.45, 2.75) is 45.1 Å². The van der Waals surface area contributed by atoms with Crippen molar-refractivity contribution in [2.24, 2.45) is 0 Å². The van der Waals surface area contributed by atoms with Crippen molar-refractivity contribution >= 4 is 23.2 Å². The minimum absolute atomic E-state index is 0.0437. The summed E-state index contributed by atoms with van der Waals surface area (Å²) in [5, 5.41) is 16.3. The Hall–Kier alpha value is -3.50. The molecule has 0 aromatic heterocycles. The molecule has 1 amide bonds. The Kier molecular flexibility index (Phi) is 8.66. The van der Waals surface area contributed by atoms with E-state index in [1.807, 2.05) is 36.4 Å². The molecule has 0 aliphatic carbocycles. The number of ether oxygens (including phenoxy) is 3. The second-order valence-electron chi connectivity index (χ2n) is 9.92. The first-order chi connectivity index (χ1) is 19.4. The van der Waals surface area contributed by atoms with E-state index in [2.05, 4.69) is 29.1 Å². The monoisotopic (exact) mass is 568 g/mol. The van der Waals surface area contributed by atoms with Crippen LogP contribution in [0.3, 0.4) is 0 Å². The largest absolute Gasteiger partial charge is 0.493 e. The summed E-state index contributed by atoms with van der Waals surface area (Å²) in [7, 11) is 1.61. The van der Waals surface area contributed by atoms with Gasteiger partial charge in [-0.15, -0.1) is 0 Å². The second-order valence-corrected chi connectivity index (χ2v) is 10.4. The lowest BCUT2D eigenvalue weighted by molar-refractivity contribution is -0.438. The number of halogens is 1. The van der Waals surface area contributed by atoms with E-state index in [4.69, 9.17) is 36.0 Å². The number of carbonyl (C=O) groups is 1. The Morgan fingerprint density at radius 3 is 2.45 bits per heavy atom. The Bertz CT molecular complexity index is 1340. The first-order valence-corrected chi connectivity index (χ1v) is 13.7. The van der Waals surface area contributed by atoms with Crippen LogP contribution in [0.15, 0.2) is 48.5 Å². The second kappa shape index (κ2) is 12.3. The molecule has 0 saturated carbocycles. The summed E-state index contributed by atoms with van der Waals surface area (Å²) in [6.07, 6.45) is 2.29. The third kappa shape index (κ3) is 5.83. The Morgan fingerprint density at radius 2 is 1.80 bits per heavy atom. The van der Waals surface area contributed by atoms with E-state index >= 15 is 0 Å². The zero-order valence-corrected chi connectivity index (χ0v) is 23.5. The third-order valence-corrected chi connectivity index (χ3v) is 7.81. The highest BCUT2D eigenvalue weighted by Gasteiger charge is 2.36. The molecule has 2 N–H and O–H groups in total. The number of aryl methyl sites for hydroxylation is 2. The summed E-state index contributed by atoms with van der Waals surface area (Å²) < 4.78 is 16.8. The molecule has 2 atom stereocenters. The highest BCUT2D eigenvalue weighted by molar-refractivity contribution is 6.30. The van der Waals surface area contributed by atoms with Gasteiger partial charge in [0.15, 0.2) is 17.2 Å². The molecule has 0 bridgehead atoms. The van der Waals surface area contributed by atoms with Crippen LogP contribution in [0.4, 0.5) is 5.69 Å². The molecule has 40 heavy (non-hydrogen) atoms. The minimum Gasteiger partial charge on any atom is -0.493 e. The van der Waals surface area contributed by atoms with Gasteiger partial charge < -0.3 is 24.4 Å². The molecule has 2 heterocycles. The van der Waals surface area contributed by atoms with Crippen LogP contribution in [0, 0.1) is 0 Å². The van der Waals surface area contributed by atoms with Gasteiger partial charge in [0, 0.05) is 23.3 Å². The van der Waals surface area contributed by atoms with Crippen molar-refractivity contribution in [3.05, 3.63) is 75.8 Å². The third-order valence-electron chi connectivity index (χ3n) is 7.59. The minimum atomic E-state index is -0.0886. The zero-order chi connectivity index (χ0) is 28.2. The smallest absolute Gasteiger partial charge is 0.238 e. The van der Waals surface area contributed by atoms with Gasteiger partial charge in [-0.3, -0.25) is 9.69 Å². The maximum absolute atomic E-state index is 13.5. The van der Waals surface area contributed by atoms with Gasteiger partial charge in [-0.25, -0.2) is 5.26 Å². The van der Waals surface area contributed by atoms with Gasteiger partial charge in [-0.05, 0) is 88.9 Å². The van der Waals surface area contributed by atoms with E-state index < -0.39 is 0 Å². The van der Waals surface area contributed by atoms with Crippen LogP contribution < -0.4 is 24.4 Å². The van der Waals surface area contributed by atoms with Gasteiger partial charge in [-0.1, -0.05) is 37.6 Å². The summed E-state index contributed by atoms with van der Waals surface area (Å²) in [6, 6.07) is 15.0. The van der Waals surface area contributed by atoms with E-state index in [1.165, 1.54) is 0 Å². The number of nitrogens with one attached hydrogen (secondary N) is 1. The Balaban J connectivity index is 1.42. The highest BCUT2D eigenvalue weighted by Crippen LogP contribution is 2.47. The number of hydrogen-bond acceptors (Lipinski definition) is 8. The van der Waals surface area contributed by atoms with Gasteiger partial charge in [-0.2, -0.15) is 0 Å². The fourth-order valence-corrected chi connectivity index (χ4v) is 5.91. The highest BCUT2D eigenvalue weighted by atomic mass is 35.5. The number of hydrogen-bond donors (Lipinski definition) is 2. The van der Waals surface area contributed by atoms with Crippen molar-refractivity contribution in [2.75, 3.05) is 32.3 Å². The van der Waals surface area contributed by atoms with E-state index in [9.17, 15) is 4.79 Å². The molecule has 3 aromatic rings. The quantitative estimate of drug-likeness (QED) is 0.222. The first-order valence-electron chi connectivity index (χ1n) is 13.3. The summed E-state index contributed by atoms with van der Waals surface area (Å²) in [4.78, 5) is 20.4. The number of nitrogens with zero attached hydrogens (tertiary/aromatic N) is 1. The van der Waals surface area contributed by atoms with Crippen molar-refractivity contribution in [3.63, 3.8) is 0 Å². The van der Waals surface area contributed by atoms with Gasteiger partial charge >= 0.3 is 0 Å². The summed E-state index contributed by atoms with van der Waals surface area (Å²) in [5.41, 5.74) is 4.95. The summed E-state index contributed by atoms with van der Waals surface area (Å²) in [6.45, 7) is 5.12. The molecule has 212 valence electrons. The van der Waals surface area contributed by atoms with Crippen molar-refractivity contribution in [3.8, 4) is 23.0 Å². The SMILES string of the molecule is CCc1cc(Cl)cc(CC)c1NC(=O)CN1C[C@H](c2cc(OC)c3c(c2)OCO3)C[C@@H]1c1ccc(OOO)cc1. The van der Waals surface area contributed by atoms with Crippen LogP contribution in [-0.4, -0.2) is 43.1 Å². The molecule has 0 unspecified atom stereocenters. The average molecular weight is 569 g/mol. The van der Waals surface area contributed by atoms with E-state index in [-0.39, 0.29) is 31.2 Å². The molecule has 2 aliphatic heterocycles. The molecule has 5 rings (SSSR count). The van der Waals surface area contributed by atoms with E-state index in [1.54, 1.807) is 19.2 Å². The fraction of sp³-hybridized carbons (Fsp3) is 0.367. The number of likely N-dealkylation sites (tertiary alicyclic amines) is 1. The predicted octanol–water partition coefficient (Wildman–Crippen LogP) is 6.15. The van der Waals surface area contributed by atoms with Crippen LogP contribution in [0.2, 0.25) is 5.02 Å². The Morgan fingerprint density at radius 1 is 1.07 bits per heavy atom. The van der Waals surface area contributed by atoms with E-state index in [0.29, 0.717) is 34.6 Å². The van der Waals surface area contributed by atoms with Crippen LogP contribution >= 0.6 is 11.6 Å². The van der Waals surface area contributed by atoms with E-state index in [0.717, 1.165) is 47.2 Å². The lowest BCUT2D eigenvalue weighted by Crippen LogP contribution is -2.33. The lowest BCUT2D eigenvalue weighted by atomic mass is 9.93. The molecular weight excluding hydrogens is 536 g/mol. The number of carbonyl (C=O) groups excluding carboxylic acids is 1. The van der Waals surface area contributed by atoms with Crippen LogP contribution in [0.5, 0.6) is 23.0 Å². The molecule has 9 nitrogen and oxygen atoms in total.